The van der Waals surface area contributed by atoms with E-state index >= 15 is 0 Å². The molecule has 1 fully saturated rings. The lowest BCUT2D eigenvalue weighted by Gasteiger charge is -2.21. The highest BCUT2D eigenvalue weighted by molar-refractivity contribution is 5.81. The summed E-state index contributed by atoms with van der Waals surface area (Å²) in [6.07, 6.45) is 4.05. The molecular formula is C16H24N2O2. The minimum atomic E-state index is 0.0426. The second-order valence-electron chi connectivity index (χ2n) is 5.36. The van der Waals surface area contributed by atoms with Gasteiger partial charge in [0.15, 0.2) is 0 Å². The second kappa shape index (κ2) is 7.29. The maximum Gasteiger partial charge on any atom is 0.239 e. The average molecular weight is 276 g/mol. The Morgan fingerprint density at radius 3 is 2.75 bits per heavy atom. The molecule has 1 N–H and O–H groups in total. The van der Waals surface area contributed by atoms with Gasteiger partial charge in [0.1, 0.15) is 5.75 Å². The lowest BCUT2D eigenvalue weighted by Crippen LogP contribution is -2.42. The third-order valence-electron chi connectivity index (χ3n) is 3.85. The van der Waals surface area contributed by atoms with Gasteiger partial charge in [-0.3, -0.25) is 4.79 Å². The summed E-state index contributed by atoms with van der Waals surface area (Å²) in [6.45, 7) is 1.78. The molecule has 4 heteroatoms. The lowest BCUT2D eigenvalue weighted by atomic mass is 10.1. The maximum absolute atomic E-state index is 12.1. The van der Waals surface area contributed by atoms with Crippen molar-refractivity contribution in [3.8, 4) is 5.75 Å². The molecule has 1 saturated heterocycles. The van der Waals surface area contributed by atoms with Crippen LogP contribution in [0.4, 0.5) is 0 Å². The number of carbonyl (C=O) groups excluding carboxylic acids is 1. The predicted octanol–water partition coefficient (Wildman–Crippen LogP) is 1.84. The molecule has 1 heterocycles. The SMILES string of the molecule is COc1ccc(CCCN(C)C(=O)C2CCCN2)cc1. The van der Waals surface area contributed by atoms with Crippen molar-refractivity contribution in [2.75, 3.05) is 27.2 Å². The van der Waals surface area contributed by atoms with Crippen LogP contribution in [0.3, 0.4) is 0 Å². The van der Waals surface area contributed by atoms with E-state index in [-0.39, 0.29) is 11.9 Å². The second-order valence-corrected chi connectivity index (χ2v) is 5.36. The summed E-state index contributed by atoms with van der Waals surface area (Å²) in [7, 11) is 3.57. The van der Waals surface area contributed by atoms with Crippen molar-refractivity contribution in [3.63, 3.8) is 0 Å². The van der Waals surface area contributed by atoms with Crippen molar-refractivity contribution >= 4 is 5.91 Å². The number of hydrogen-bond donors (Lipinski definition) is 1. The first kappa shape index (κ1) is 14.9. The molecule has 1 aromatic carbocycles. The Balaban J connectivity index is 1.72. The first-order valence-corrected chi connectivity index (χ1v) is 7.32. The van der Waals surface area contributed by atoms with Gasteiger partial charge in [0.05, 0.1) is 13.2 Å². The largest absolute Gasteiger partial charge is 0.497 e. The van der Waals surface area contributed by atoms with Crippen molar-refractivity contribution in [2.45, 2.75) is 31.7 Å². The van der Waals surface area contributed by atoms with Crippen LogP contribution in [0.2, 0.25) is 0 Å². The minimum absolute atomic E-state index is 0.0426. The summed E-state index contributed by atoms with van der Waals surface area (Å²) in [5, 5.41) is 3.25. The highest BCUT2D eigenvalue weighted by Crippen LogP contribution is 2.13. The normalized spacial score (nSPS) is 18.0. The minimum Gasteiger partial charge on any atom is -0.497 e. The van der Waals surface area contributed by atoms with E-state index in [0.717, 1.165) is 44.5 Å². The summed E-state index contributed by atoms with van der Waals surface area (Å²) >= 11 is 0. The van der Waals surface area contributed by atoms with E-state index in [4.69, 9.17) is 4.74 Å². The van der Waals surface area contributed by atoms with Crippen molar-refractivity contribution < 1.29 is 9.53 Å². The number of nitrogens with zero attached hydrogens (tertiary/aromatic N) is 1. The monoisotopic (exact) mass is 276 g/mol. The van der Waals surface area contributed by atoms with Gasteiger partial charge in [-0.15, -0.1) is 0 Å². The molecule has 0 aromatic heterocycles. The summed E-state index contributed by atoms with van der Waals surface area (Å²) in [4.78, 5) is 14.0. The summed E-state index contributed by atoms with van der Waals surface area (Å²) in [5.41, 5.74) is 1.28. The highest BCUT2D eigenvalue weighted by Gasteiger charge is 2.24. The Hall–Kier alpha value is -1.55. The van der Waals surface area contributed by atoms with E-state index in [1.807, 2.05) is 24.1 Å². The molecule has 0 bridgehead atoms. The van der Waals surface area contributed by atoms with Crippen molar-refractivity contribution in [1.29, 1.82) is 0 Å². The maximum atomic E-state index is 12.1. The molecule has 0 aliphatic carbocycles. The van der Waals surface area contributed by atoms with Gasteiger partial charge in [-0.2, -0.15) is 0 Å². The van der Waals surface area contributed by atoms with Gasteiger partial charge in [0, 0.05) is 13.6 Å². The zero-order valence-electron chi connectivity index (χ0n) is 12.4. The number of amides is 1. The topological polar surface area (TPSA) is 41.6 Å². The number of nitrogens with one attached hydrogen (secondary N) is 1. The quantitative estimate of drug-likeness (QED) is 0.862. The zero-order valence-corrected chi connectivity index (χ0v) is 12.4. The number of methoxy groups -OCH3 is 1. The smallest absolute Gasteiger partial charge is 0.239 e. The molecule has 1 aliphatic rings. The van der Waals surface area contributed by atoms with Crippen molar-refractivity contribution in [3.05, 3.63) is 29.8 Å². The highest BCUT2D eigenvalue weighted by atomic mass is 16.5. The van der Waals surface area contributed by atoms with Crippen LogP contribution in [0.5, 0.6) is 5.75 Å². The standard InChI is InChI=1S/C16H24N2O2/c1-18(16(19)15-6-3-11-17-15)12-4-5-13-7-9-14(20-2)10-8-13/h7-10,15,17H,3-6,11-12H2,1-2H3. The number of ether oxygens (including phenoxy) is 1. The van der Waals surface area contributed by atoms with E-state index in [1.165, 1.54) is 5.56 Å². The van der Waals surface area contributed by atoms with Crippen molar-refractivity contribution in [1.82, 2.24) is 10.2 Å². The Morgan fingerprint density at radius 1 is 1.40 bits per heavy atom. The third-order valence-corrected chi connectivity index (χ3v) is 3.85. The van der Waals surface area contributed by atoms with Gasteiger partial charge >= 0.3 is 0 Å². The van der Waals surface area contributed by atoms with Gasteiger partial charge in [-0.05, 0) is 49.9 Å². The van der Waals surface area contributed by atoms with Crippen LogP contribution in [0.1, 0.15) is 24.8 Å². The number of aryl methyl sites for hydroxylation is 1. The number of carbonyl (C=O) groups is 1. The van der Waals surface area contributed by atoms with E-state index in [0.29, 0.717) is 0 Å². The van der Waals surface area contributed by atoms with E-state index < -0.39 is 0 Å². The van der Waals surface area contributed by atoms with Gasteiger partial charge in [0.2, 0.25) is 5.91 Å². The van der Waals surface area contributed by atoms with Crippen LogP contribution in [-0.4, -0.2) is 44.1 Å². The van der Waals surface area contributed by atoms with Crippen LogP contribution in [-0.2, 0) is 11.2 Å². The van der Waals surface area contributed by atoms with Crippen LogP contribution in [0.25, 0.3) is 0 Å². The molecule has 1 amide bonds. The lowest BCUT2D eigenvalue weighted by molar-refractivity contribution is -0.131. The summed E-state index contributed by atoms with van der Waals surface area (Å²) in [6, 6.07) is 8.17. The Bertz CT molecular complexity index is 425. The summed E-state index contributed by atoms with van der Waals surface area (Å²) < 4.78 is 5.14. The van der Waals surface area contributed by atoms with Gasteiger partial charge in [0.25, 0.3) is 0 Å². The molecule has 4 nitrogen and oxygen atoms in total. The zero-order chi connectivity index (χ0) is 14.4. The Morgan fingerprint density at radius 2 is 2.15 bits per heavy atom. The molecule has 110 valence electrons. The van der Waals surface area contributed by atoms with Gasteiger partial charge in [-0.25, -0.2) is 0 Å². The fourth-order valence-electron chi connectivity index (χ4n) is 2.58. The fourth-order valence-corrected chi connectivity index (χ4v) is 2.58. The Labute approximate surface area is 121 Å². The molecule has 0 radical (unpaired) electrons. The fraction of sp³-hybridized carbons (Fsp3) is 0.562. The number of benzene rings is 1. The third kappa shape index (κ3) is 3.97. The number of hydrogen-bond acceptors (Lipinski definition) is 3. The molecule has 1 atom stereocenters. The molecule has 0 saturated carbocycles. The van der Waals surface area contributed by atoms with Crippen molar-refractivity contribution in [2.24, 2.45) is 0 Å². The van der Waals surface area contributed by atoms with E-state index in [2.05, 4.69) is 17.4 Å². The molecule has 20 heavy (non-hydrogen) atoms. The predicted molar refractivity (Wildman–Crippen MR) is 80.0 cm³/mol. The first-order chi connectivity index (χ1) is 9.70. The van der Waals surface area contributed by atoms with E-state index in [1.54, 1.807) is 7.11 Å². The first-order valence-electron chi connectivity index (χ1n) is 7.32. The number of rotatable bonds is 6. The molecule has 1 aliphatic heterocycles. The number of likely N-dealkylation sites (N-methyl/N-ethyl adjacent to an activating group) is 1. The molecular weight excluding hydrogens is 252 g/mol. The average Bonchev–Trinajstić information content (AvgIpc) is 3.01. The molecule has 1 aromatic rings. The summed E-state index contributed by atoms with van der Waals surface area (Å²) in [5.74, 6) is 1.12. The molecule has 1 unspecified atom stereocenters. The van der Waals surface area contributed by atoms with E-state index in [9.17, 15) is 4.79 Å². The van der Waals surface area contributed by atoms with Gasteiger partial charge in [-0.1, -0.05) is 12.1 Å². The van der Waals surface area contributed by atoms with Crippen LogP contribution >= 0.6 is 0 Å². The van der Waals surface area contributed by atoms with Crippen LogP contribution in [0.15, 0.2) is 24.3 Å². The van der Waals surface area contributed by atoms with Crippen LogP contribution in [0, 0.1) is 0 Å². The molecule has 2 rings (SSSR count). The Kier molecular flexibility index (Phi) is 5.41. The molecule has 0 spiro atoms. The van der Waals surface area contributed by atoms with Crippen LogP contribution < -0.4 is 10.1 Å². The van der Waals surface area contributed by atoms with Gasteiger partial charge < -0.3 is 15.0 Å².